The molecule has 2 aromatic rings. The number of amides is 1. The number of carbonyl (C=O) groups is 1. The Morgan fingerprint density at radius 1 is 1.19 bits per heavy atom. The van der Waals surface area contributed by atoms with Crippen LogP contribution in [0, 0.1) is 0 Å². The van der Waals surface area contributed by atoms with E-state index >= 15 is 0 Å². The van der Waals surface area contributed by atoms with Crippen molar-refractivity contribution in [1.82, 2.24) is 4.98 Å². The Morgan fingerprint density at radius 2 is 1.86 bits per heavy atom. The molecule has 0 saturated carbocycles. The summed E-state index contributed by atoms with van der Waals surface area (Å²) in [5, 5.41) is 2.67. The van der Waals surface area contributed by atoms with Crippen LogP contribution in [0.1, 0.15) is 10.4 Å². The van der Waals surface area contributed by atoms with Crippen LogP contribution in [0.2, 0.25) is 5.02 Å². The summed E-state index contributed by atoms with van der Waals surface area (Å²) in [4.78, 5) is 15.7. The number of aromatic nitrogens is 1. The van der Waals surface area contributed by atoms with E-state index in [0.717, 1.165) is 12.1 Å². The first-order valence-electron chi connectivity index (χ1n) is 5.62. The van der Waals surface area contributed by atoms with Gasteiger partial charge >= 0.3 is 6.36 Å². The number of ether oxygens (including phenoxy) is 1. The van der Waals surface area contributed by atoms with Crippen LogP contribution in [-0.2, 0) is 0 Å². The second-order valence-corrected chi connectivity index (χ2v) is 4.29. The quantitative estimate of drug-likeness (QED) is 0.934. The molecule has 1 amide bonds. The number of hydrogen-bond donors (Lipinski definition) is 1. The summed E-state index contributed by atoms with van der Waals surface area (Å²) in [6, 6.07) is 6.19. The van der Waals surface area contributed by atoms with Gasteiger partial charge in [-0.3, -0.25) is 9.78 Å². The number of nitrogens with zero attached hydrogens (tertiary/aromatic N) is 1. The Kier molecular flexibility index (Phi) is 4.32. The van der Waals surface area contributed by atoms with Crippen LogP contribution < -0.4 is 10.1 Å². The van der Waals surface area contributed by atoms with E-state index in [0.29, 0.717) is 5.69 Å². The standard InChI is InChI=1S/C13H8ClF3N2O2/c14-11-7-18-6-5-10(11)12(20)19-8-1-3-9(4-2-8)21-13(15,16)17/h1-7H,(H,19,20). The highest BCUT2D eigenvalue weighted by Crippen LogP contribution is 2.24. The van der Waals surface area contributed by atoms with E-state index in [-0.39, 0.29) is 16.3 Å². The first kappa shape index (κ1) is 15.1. The smallest absolute Gasteiger partial charge is 0.406 e. The Balaban J connectivity index is 2.07. The first-order valence-corrected chi connectivity index (χ1v) is 5.99. The van der Waals surface area contributed by atoms with Crippen LogP contribution in [0.3, 0.4) is 0 Å². The molecule has 0 atom stereocenters. The highest BCUT2D eigenvalue weighted by molar-refractivity contribution is 6.34. The third-order valence-electron chi connectivity index (χ3n) is 2.36. The number of rotatable bonds is 3. The number of alkyl halides is 3. The SMILES string of the molecule is O=C(Nc1ccc(OC(F)(F)F)cc1)c1ccncc1Cl. The number of benzene rings is 1. The summed E-state index contributed by atoms with van der Waals surface area (Å²) in [6.07, 6.45) is -2.03. The molecule has 0 spiro atoms. The molecule has 1 heterocycles. The van der Waals surface area contributed by atoms with Crippen LogP contribution in [-0.4, -0.2) is 17.3 Å². The zero-order chi connectivity index (χ0) is 15.5. The number of nitrogens with one attached hydrogen (secondary N) is 1. The molecule has 0 aliphatic heterocycles. The summed E-state index contributed by atoms with van der Waals surface area (Å²) < 4.78 is 39.7. The molecule has 0 saturated heterocycles. The van der Waals surface area contributed by atoms with Crippen molar-refractivity contribution in [2.45, 2.75) is 6.36 Å². The summed E-state index contributed by atoms with van der Waals surface area (Å²) in [7, 11) is 0. The third-order valence-corrected chi connectivity index (χ3v) is 2.66. The second kappa shape index (κ2) is 6.01. The lowest BCUT2D eigenvalue weighted by molar-refractivity contribution is -0.274. The van der Waals surface area contributed by atoms with Crippen molar-refractivity contribution in [2.75, 3.05) is 5.32 Å². The molecule has 1 aromatic carbocycles. The maximum absolute atomic E-state index is 12.0. The Hall–Kier alpha value is -2.28. The van der Waals surface area contributed by atoms with Gasteiger partial charge in [0.15, 0.2) is 0 Å². The Bertz CT molecular complexity index is 645. The van der Waals surface area contributed by atoms with Gasteiger partial charge in [0.25, 0.3) is 5.91 Å². The van der Waals surface area contributed by atoms with Crippen molar-refractivity contribution in [3.05, 3.63) is 53.3 Å². The fourth-order valence-corrected chi connectivity index (χ4v) is 1.70. The molecular weight excluding hydrogens is 309 g/mol. The lowest BCUT2D eigenvalue weighted by Gasteiger charge is -2.10. The van der Waals surface area contributed by atoms with Crippen LogP contribution in [0.15, 0.2) is 42.7 Å². The molecule has 21 heavy (non-hydrogen) atoms. The maximum atomic E-state index is 12.0. The molecule has 0 aliphatic carbocycles. The number of halogens is 4. The van der Waals surface area contributed by atoms with Gasteiger partial charge in [0.1, 0.15) is 5.75 Å². The van der Waals surface area contributed by atoms with Gasteiger partial charge in [0, 0.05) is 18.1 Å². The summed E-state index contributed by atoms with van der Waals surface area (Å²) in [5.74, 6) is -0.866. The lowest BCUT2D eigenvalue weighted by Crippen LogP contribution is -2.17. The van der Waals surface area contributed by atoms with Gasteiger partial charge in [-0.1, -0.05) is 11.6 Å². The fourth-order valence-electron chi connectivity index (χ4n) is 1.50. The summed E-state index contributed by atoms with van der Waals surface area (Å²) in [5.41, 5.74) is 0.518. The molecule has 0 bridgehead atoms. The molecule has 1 aromatic heterocycles. The average molecular weight is 317 g/mol. The molecule has 0 radical (unpaired) electrons. The number of hydrogen-bond acceptors (Lipinski definition) is 3. The van der Waals surface area contributed by atoms with E-state index < -0.39 is 12.3 Å². The predicted octanol–water partition coefficient (Wildman–Crippen LogP) is 3.89. The molecule has 0 fully saturated rings. The van der Waals surface area contributed by atoms with Crippen LogP contribution in [0.5, 0.6) is 5.75 Å². The van der Waals surface area contributed by atoms with E-state index in [9.17, 15) is 18.0 Å². The number of anilines is 1. The number of pyridine rings is 1. The van der Waals surface area contributed by atoms with Crippen molar-refractivity contribution in [3.8, 4) is 5.75 Å². The second-order valence-electron chi connectivity index (χ2n) is 3.88. The van der Waals surface area contributed by atoms with Gasteiger partial charge in [0.05, 0.1) is 10.6 Å². The maximum Gasteiger partial charge on any atom is 0.573 e. The van der Waals surface area contributed by atoms with Crippen molar-refractivity contribution in [2.24, 2.45) is 0 Å². The zero-order valence-electron chi connectivity index (χ0n) is 10.3. The molecule has 0 unspecified atom stereocenters. The highest BCUT2D eigenvalue weighted by Gasteiger charge is 2.30. The fraction of sp³-hybridized carbons (Fsp3) is 0.0769. The van der Waals surface area contributed by atoms with E-state index in [1.54, 1.807) is 0 Å². The zero-order valence-corrected chi connectivity index (χ0v) is 11.1. The normalized spacial score (nSPS) is 11.0. The minimum absolute atomic E-state index is 0.173. The van der Waals surface area contributed by atoms with Crippen molar-refractivity contribution >= 4 is 23.2 Å². The molecule has 0 aliphatic rings. The molecule has 4 nitrogen and oxygen atoms in total. The van der Waals surface area contributed by atoms with Gasteiger partial charge in [0.2, 0.25) is 0 Å². The largest absolute Gasteiger partial charge is 0.573 e. The molecule has 110 valence electrons. The van der Waals surface area contributed by atoms with E-state index in [2.05, 4.69) is 15.0 Å². The van der Waals surface area contributed by atoms with Crippen molar-refractivity contribution < 1.29 is 22.7 Å². The van der Waals surface area contributed by atoms with E-state index in [1.165, 1.54) is 30.6 Å². The van der Waals surface area contributed by atoms with Crippen LogP contribution >= 0.6 is 11.6 Å². The molecule has 8 heteroatoms. The topological polar surface area (TPSA) is 51.2 Å². The number of carbonyl (C=O) groups excluding carboxylic acids is 1. The third kappa shape index (κ3) is 4.35. The first-order chi connectivity index (χ1) is 9.85. The van der Waals surface area contributed by atoms with Crippen molar-refractivity contribution in [1.29, 1.82) is 0 Å². The van der Waals surface area contributed by atoms with Gasteiger partial charge in [-0.05, 0) is 30.3 Å². The molecular formula is C13H8ClF3N2O2. The van der Waals surface area contributed by atoms with E-state index in [4.69, 9.17) is 11.6 Å². The monoisotopic (exact) mass is 316 g/mol. The average Bonchev–Trinajstić information content (AvgIpc) is 2.40. The van der Waals surface area contributed by atoms with Gasteiger partial charge in [-0.25, -0.2) is 0 Å². The highest BCUT2D eigenvalue weighted by atomic mass is 35.5. The minimum atomic E-state index is -4.75. The van der Waals surface area contributed by atoms with Gasteiger partial charge in [-0.2, -0.15) is 0 Å². The van der Waals surface area contributed by atoms with Crippen LogP contribution in [0.25, 0.3) is 0 Å². The van der Waals surface area contributed by atoms with Gasteiger partial charge < -0.3 is 10.1 Å². The van der Waals surface area contributed by atoms with Crippen molar-refractivity contribution in [3.63, 3.8) is 0 Å². The Labute approximate surface area is 122 Å². The Morgan fingerprint density at radius 3 is 2.43 bits per heavy atom. The predicted molar refractivity (Wildman–Crippen MR) is 70.3 cm³/mol. The minimum Gasteiger partial charge on any atom is -0.406 e. The van der Waals surface area contributed by atoms with Crippen LogP contribution in [0.4, 0.5) is 18.9 Å². The van der Waals surface area contributed by atoms with E-state index in [1.807, 2.05) is 0 Å². The molecule has 2 rings (SSSR count). The molecule has 1 N–H and O–H groups in total. The van der Waals surface area contributed by atoms with Gasteiger partial charge in [-0.15, -0.1) is 13.2 Å². The summed E-state index contributed by atoms with van der Waals surface area (Å²) in [6.45, 7) is 0. The summed E-state index contributed by atoms with van der Waals surface area (Å²) >= 11 is 5.81. The lowest BCUT2D eigenvalue weighted by atomic mass is 10.2.